The van der Waals surface area contributed by atoms with Crippen molar-refractivity contribution in [3.63, 3.8) is 0 Å². The van der Waals surface area contributed by atoms with E-state index in [9.17, 15) is 9.36 Å². The maximum absolute atomic E-state index is 13.2. The molecule has 0 aromatic heterocycles. The maximum atomic E-state index is 13.2. The van der Waals surface area contributed by atoms with Crippen LogP contribution in [0.4, 0.5) is 0 Å². The molecule has 0 spiro atoms. The number of carbonyl (C=O) groups excluding carboxylic acids is 1. The maximum Gasteiger partial charge on any atom is 0.346 e. The second-order valence-electron chi connectivity index (χ2n) is 4.37. The highest BCUT2D eigenvalue weighted by Crippen LogP contribution is 2.57. The van der Waals surface area contributed by atoms with E-state index in [0.717, 1.165) is 6.42 Å². The van der Waals surface area contributed by atoms with E-state index >= 15 is 0 Å². The topological polar surface area (TPSA) is 59.1 Å². The first-order valence-electron chi connectivity index (χ1n) is 6.48. The van der Waals surface area contributed by atoms with Crippen molar-refractivity contribution in [3.05, 3.63) is 0 Å². The SMILES string of the molecule is COC(=O)[C@@H](C)N(CCCl)[P@@]1(=O)OCCCN1CCCl. The second kappa shape index (κ2) is 8.57. The summed E-state index contributed by atoms with van der Waals surface area (Å²) >= 11 is 11.5. The minimum atomic E-state index is -3.29. The van der Waals surface area contributed by atoms with E-state index in [-0.39, 0.29) is 12.4 Å². The van der Waals surface area contributed by atoms with Gasteiger partial charge in [0.25, 0.3) is 0 Å². The zero-order valence-corrected chi connectivity index (χ0v) is 14.2. The van der Waals surface area contributed by atoms with Crippen molar-refractivity contribution in [2.75, 3.05) is 45.1 Å². The van der Waals surface area contributed by atoms with Gasteiger partial charge in [-0.2, -0.15) is 0 Å². The Kier molecular flexibility index (Phi) is 7.80. The molecule has 0 N–H and O–H groups in total. The van der Waals surface area contributed by atoms with Crippen molar-refractivity contribution in [3.8, 4) is 0 Å². The summed E-state index contributed by atoms with van der Waals surface area (Å²) in [6.07, 6.45) is 0.780. The summed E-state index contributed by atoms with van der Waals surface area (Å²) in [6, 6.07) is -0.694. The monoisotopic (exact) mass is 346 g/mol. The molecule has 118 valence electrons. The van der Waals surface area contributed by atoms with Gasteiger partial charge in [0.1, 0.15) is 6.04 Å². The highest BCUT2D eigenvalue weighted by atomic mass is 35.5. The van der Waals surface area contributed by atoms with E-state index in [1.807, 2.05) is 0 Å². The van der Waals surface area contributed by atoms with Crippen LogP contribution in [0.5, 0.6) is 0 Å². The molecule has 1 rings (SSSR count). The predicted octanol–water partition coefficient (Wildman–Crippen LogP) is 2.16. The summed E-state index contributed by atoms with van der Waals surface area (Å²) < 4.78 is 26.7. The Labute approximate surface area is 129 Å². The first kappa shape index (κ1) is 18.2. The molecule has 1 aliphatic heterocycles. The number of carbonyl (C=O) groups is 1. The molecule has 0 aliphatic carbocycles. The first-order chi connectivity index (χ1) is 9.51. The van der Waals surface area contributed by atoms with Crippen LogP contribution in [0.15, 0.2) is 0 Å². The number of methoxy groups -OCH3 is 1. The highest BCUT2D eigenvalue weighted by Gasteiger charge is 2.44. The number of hydrogen-bond acceptors (Lipinski definition) is 4. The van der Waals surface area contributed by atoms with E-state index in [1.165, 1.54) is 11.8 Å². The summed E-state index contributed by atoms with van der Waals surface area (Å²) in [7, 11) is -2.00. The fourth-order valence-corrected chi connectivity index (χ4v) is 5.39. The zero-order chi connectivity index (χ0) is 15.2. The standard InChI is InChI=1S/C11H21Cl2N2O4P/c1-10(11(16)18-2)15(8-5-13)20(17)14(7-4-12)6-3-9-19-20/h10H,3-9H2,1-2H3/t10-,20+/m1/s1. The van der Waals surface area contributed by atoms with Crippen LogP contribution in [-0.2, 0) is 18.6 Å². The molecule has 20 heavy (non-hydrogen) atoms. The number of halogens is 2. The fraction of sp³-hybridized carbons (Fsp3) is 0.909. The number of ether oxygens (including phenoxy) is 1. The molecule has 0 aromatic rings. The van der Waals surface area contributed by atoms with Crippen molar-refractivity contribution in [1.29, 1.82) is 0 Å². The third-order valence-electron chi connectivity index (χ3n) is 3.15. The van der Waals surface area contributed by atoms with Crippen molar-refractivity contribution in [2.24, 2.45) is 0 Å². The molecular formula is C11H21Cl2N2O4P. The molecule has 0 radical (unpaired) electrons. The Morgan fingerprint density at radius 3 is 2.75 bits per heavy atom. The van der Waals surface area contributed by atoms with E-state index < -0.39 is 19.7 Å². The number of hydrogen-bond donors (Lipinski definition) is 0. The Balaban J connectivity index is 3.01. The van der Waals surface area contributed by atoms with Crippen LogP contribution in [0.3, 0.4) is 0 Å². The smallest absolute Gasteiger partial charge is 0.346 e. The van der Waals surface area contributed by atoms with Crippen LogP contribution in [-0.4, -0.2) is 66.5 Å². The van der Waals surface area contributed by atoms with Gasteiger partial charge in [-0.05, 0) is 13.3 Å². The number of esters is 1. The largest absolute Gasteiger partial charge is 0.468 e. The van der Waals surface area contributed by atoms with E-state index in [0.29, 0.717) is 25.6 Å². The highest BCUT2D eigenvalue weighted by molar-refractivity contribution is 7.54. The minimum absolute atomic E-state index is 0.239. The van der Waals surface area contributed by atoms with Crippen LogP contribution < -0.4 is 0 Å². The normalized spacial score (nSPS) is 25.6. The lowest BCUT2D eigenvalue weighted by molar-refractivity contribution is -0.144. The molecule has 0 saturated carbocycles. The molecule has 9 heteroatoms. The van der Waals surface area contributed by atoms with Crippen LogP contribution in [0, 0.1) is 0 Å². The Morgan fingerprint density at radius 2 is 2.20 bits per heavy atom. The molecule has 1 heterocycles. The molecule has 1 aliphatic rings. The molecule has 1 saturated heterocycles. The van der Waals surface area contributed by atoms with E-state index in [4.69, 9.17) is 32.5 Å². The van der Waals surface area contributed by atoms with E-state index in [1.54, 1.807) is 11.6 Å². The van der Waals surface area contributed by atoms with Gasteiger partial charge in [-0.3, -0.25) is 9.36 Å². The minimum Gasteiger partial charge on any atom is -0.468 e. The van der Waals surface area contributed by atoms with Gasteiger partial charge >= 0.3 is 13.6 Å². The average molecular weight is 347 g/mol. The average Bonchev–Trinajstić information content (AvgIpc) is 2.45. The van der Waals surface area contributed by atoms with Gasteiger partial charge in [0, 0.05) is 31.4 Å². The third-order valence-corrected chi connectivity index (χ3v) is 6.32. The molecule has 0 unspecified atom stereocenters. The third kappa shape index (κ3) is 4.09. The van der Waals surface area contributed by atoms with Gasteiger partial charge < -0.3 is 9.26 Å². The molecule has 0 aromatic carbocycles. The quantitative estimate of drug-likeness (QED) is 0.400. The van der Waals surface area contributed by atoms with Gasteiger partial charge in [0.05, 0.1) is 13.7 Å². The molecular weight excluding hydrogens is 326 g/mol. The van der Waals surface area contributed by atoms with Gasteiger partial charge in [-0.1, -0.05) is 0 Å². The van der Waals surface area contributed by atoms with Crippen LogP contribution in [0.2, 0.25) is 0 Å². The lowest BCUT2D eigenvalue weighted by Crippen LogP contribution is -2.45. The summed E-state index contributed by atoms with van der Waals surface area (Å²) in [5.41, 5.74) is 0. The van der Waals surface area contributed by atoms with Crippen molar-refractivity contribution < 1.29 is 18.6 Å². The summed E-state index contributed by atoms with van der Waals surface area (Å²) in [6.45, 7) is 3.35. The number of alkyl halides is 2. The second-order valence-corrected chi connectivity index (χ2v) is 7.45. The first-order valence-corrected chi connectivity index (χ1v) is 9.08. The van der Waals surface area contributed by atoms with Gasteiger partial charge in [-0.25, -0.2) is 9.34 Å². The molecule has 1 fully saturated rings. The van der Waals surface area contributed by atoms with Crippen molar-refractivity contribution in [1.82, 2.24) is 9.34 Å². The van der Waals surface area contributed by atoms with Crippen LogP contribution in [0.1, 0.15) is 13.3 Å². The number of nitrogens with zero attached hydrogens (tertiary/aromatic N) is 2. The Hall–Kier alpha value is 0.160. The lowest BCUT2D eigenvalue weighted by Gasteiger charge is -2.42. The number of rotatable bonds is 7. The lowest BCUT2D eigenvalue weighted by atomic mass is 10.3. The predicted molar refractivity (Wildman–Crippen MR) is 79.4 cm³/mol. The fourth-order valence-electron chi connectivity index (χ4n) is 2.13. The van der Waals surface area contributed by atoms with Gasteiger partial charge in [0.2, 0.25) is 0 Å². The summed E-state index contributed by atoms with van der Waals surface area (Å²) in [5.74, 6) is 0.114. The van der Waals surface area contributed by atoms with Gasteiger partial charge in [-0.15, -0.1) is 23.2 Å². The molecule has 0 bridgehead atoms. The van der Waals surface area contributed by atoms with Crippen molar-refractivity contribution >= 4 is 36.8 Å². The summed E-state index contributed by atoms with van der Waals surface area (Å²) in [4.78, 5) is 11.7. The van der Waals surface area contributed by atoms with Gasteiger partial charge in [0.15, 0.2) is 0 Å². The Morgan fingerprint density at radius 1 is 1.50 bits per heavy atom. The summed E-state index contributed by atoms with van der Waals surface area (Å²) in [5, 5.41) is 0. The molecule has 6 nitrogen and oxygen atoms in total. The van der Waals surface area contributed by atoms with Crippen molar-refractivity contribution in [2.45, 2.75) is 19.4 Å². The Bertz CT molecular complexity index is 370. The van der Waals surface area contributed by atoms with Crippen LogP contribution in [0.25, 0.3) is 0 Å². The zero-order valence-electron chi connectivity index (χ0n) is 11.8. The molecule has 2 atom stereocenters. The van der Waals surface area contributed by atoms with Crippen LogP contribution >= 0.6 is 30.9 Å². The van der Waals surface area contributed by atoms with E-state index in [2.05, 4.69) is 0 Å². The molecule has 0 amide bonds.